The summed E-state index contributed by atoms with van der Waals surface area (Å²) in [5.74, 6) is -1.97. The smallest absolute Gasteiger partial charge is 0.305 e. The van der Waals surface area contributed by atoms with Crippen LogP contribution in [0, 0.1) is 18.2 Å². The Balaban J connectivity index is 1.79. The molecule has 1 aromatic carbocycles. The molecule has 1 atom stereocenters. The molecule has 0 saturated carbocycles. The fourth-order valence-electron chi connectivity index (χ4n) is 4.41. The Hall–Kier alpha value is -3.23. The predicted octanol–water partition coefficient (Wildman–Crippen LogP) is 2.69. The normalized spacial score (nSPS) is 20.2. The van der Waals surface area contributed by atoms with E-state index in [4.69, 9.17) is 10.5 Å². The summed E-state index contributed by atoms with van der Waals surface area (Å²) < 4.78 is 21.6. The van der Waals surface area contributed by atoms with E-state index in [0.29, 0.717) is 36.2 Å². The minimum Gasteiger partial charge on any atom is -0.463 e. The molecule has 31 heavy (non-hydrogen) atoms. The minimum atomic E-state index is -0.908. The Bertz CT molecular complexity index is 1100. The second-order valence-electron chi connectivity index (χ2n) is 9.04. The number of aromatic nitrogens is 2. The summed E-state index contributed by atoms with van der Waals surface area (Å²) in [5.41, 5.74) is 7.39. The molecule has 1 aliphatic carbocycles. The van der Waals surface area contributed by atoms with Crippen molar-refractivity contribution in [1.82, 2.24) is 9.78 Å². The number of ketones is 1. The van der Waals surface area contributed by atoms with Gasteiger partial charge in [-0.3, -0.25) is 14.4 Å². The first-order valence-electron chi connectivity index (χ1n) is 10.2. The van der Waals surface area contributed by atoms with Crippen LogP contribution >= 0.6 is 0 Å². The number of nitrogens with two attached hydrogens (primary N) is 1. The first kappa shape index (κ1) is 21.0. The van der Waals surface area contributed by atoms with Gasteiger partial charge >= 0.3 is 5.97 Å². The predicted molar refractivity (Wildman–Crippen MR) is 111 cm³/mol. The maximum absolute atomic E-state index is 15.0. The molecule has 0 bridgehead atoms. The number of benzene rings is 1. The number of esters is 1. The van der Waals surface area contributed by atoms with Crippen LogP contribution in [0.3, 0.4) is 0 Å². The molecular weight excluding hydrogens is 403 g/mol. The van der Waals surface area contributed by atoms with Gasteiger partial charge in [-0.15, -0.1) is 0 Å². The molecule has 2 heterocycles. The standard InChI is InChI=1S/C22H25FN4O4/c1-11-19-16(8-22(2,3)9-17(19)28)27(26-11)13-6-14(23)20(21(24)30)15(7-13)25-12-4-5-18(29)31-10-12/h6-7,12,25H,4-5,8-10H2,1-3H3,(H2,24,30)/t12-/m0/s1. The van der Waals surface area contributed by atoms with Crippen LogP contribution in [0.5, 0.6) is 0 Å². The molecule has 2 aliphatic rings. The largest absolute Gasteiger partial charge is 0.463 e. The lowest BCUT2D eigenvalue weighted by molar-refractivity contribution is -0.147. The summed E-state index contributed by atoms with van der Waals surface area (Å²) in [6.07, 6.45) is 1.75. The second-order valence-corrected chi connectivity index (χ2v) is 9.04. The van der Waals surface area contributed by atoms with E-state index in [9.17, 15) is 18.8 Å². The lowest BCUT2D eigenvalue weighted by Gasteiger charge is -2.29. The van der Waals surface area contributed by atoms with Gasteiger partial charge in [-0.25, -0.2) is 9.07 Å². The molecule has 1 fully saturated rings. The van der Waals surface area contributed by atoms with Crippen LogP contribution in [0.4, 0.5) is 10.1 Å². The highest BCUT2D eigenvalue weighted by atomic mass is 19.1. The number of carbonyl (C=O) groups is 3. The number of nitrogens with one attached hydrogen (secondary N) is 1. The van der Waals surface area contributed by atoms with Gasteiger partial charge in [0.05, 0.1) is 39.9 Å². The third kappa shape index (κ3) is 3.92. The lowest BCUT2D eigenvalue weighted by Crippen LogP contribution is -2.33. The number of carbonyl (C=O) groups excluding carboxylic acids is 3. The number of rotatable bonds is 4. The molecule has 9 heteroatoms. The number of halogens is 1. The SMILES string of the molecule is Cc1nn(-c2cc(F)c(C(N)=O)c(N[C@H]3CCC(=O)OC3)c2)c2c1C(=O)CC(C)(C)C2. The van der Waals surface area contributed by atoms with E-state index in [0.717, 1.165) is 5.69 Å². The van der Waals surface area contributed by atoms with Crippen molar-refractivity contribution in [2.24, 2.45) is 11.1 Å². The fourth-order valence-corrected chi connectivity index (χ4v) is 4.41. The number of Topliss-reactive ketones (excluding diaryl/α,β-unsaturated/α-hetero) is 1. The minimum absolute atomic E-state index is 0.0200. The third-order valence-corrected chi connectivity index (χ3v) is 5.79. The van der Waals surface area contributed by atoms with Crippen molar-refractivity contribution in [2.45, 2.75) is 52.5 Å². The summed E-state index contributed by atoms with van der Waals surface area (Å²) in [4.78, 5) is 36.0. The van der Waals surface area contributed by atoms with Crippen LogP contribution < -0.4 is 11.1 Å². The average molecular weight is 428 g/mol. The number of primary amides is 1. The molecule has 164 valence electrons. The van der Waals surface area contributed by atoms with Crippen LogP contribution in [-0.2, 0) is 16.0 Å². The Morgan fingerprint density at radius 2 is 2.06 bits per heavy atom. The van der Waals surface area contributed by atoms with Crippen molar-refractivity contribution in [3.05, 3.63) is 40.5 Å². The lowest BCUT2D eigenvalue weighted by atomic mass is 9.75. The van der Waals surface area contributed by atoms with Crippen LogP contribution in [-0.4, -0.2) is 40.1 Å². The Morgan fingerprint density at radius 1 is 1.32 bits per heavy atom. The molecule has 4 rings (SSSR count). The highest BCUT2D eigenvalue weighted by molar-refractivity contribution is 6.00. The maximum Gasteiger partial charge on any atom is 0.305 e. The van der Waals surface area contributed by atoms with Gasteiger partial charge in [0.15, 0.2) is 5.78 Å². The first-order valence-corrected chi connectivity index (χ1v) is 10.2. The zero-order valence-electron chi connectivity index (χ0n) is 17.8. The van der Waals surface area contributed by atoms with Gasteiger partial charge < -0.3 is 15.8 Å². The van der Waals surface area contributed by atoms with E-state index in [1.807, 2.05) is 13.8 Å². The Morgan fingerprint density at radius 3 is 2.71 bits per heavy atom. The van der Waals surface area contributed by atoms with Crippen molar-refractivity contribution < 1.29 is 23.5 Å². The second kappa shape index (κ2) is 7.47. The first-order chi connectivity index (χ1) is 14.6. The summed E-state index contributed by atoms with van der Waals surface area (Å²) in [6, 6.07) is 2.52. The zero-order chi connectivity index (χ0) is 22.5. The van der Waals surface area contributed by atoms with E-state index >= 15 is 0 Å². The molecular formula is C22H25FN4O4. The summed E-state index contributed by atoms with van der Waals surface area (Å²) in [5, 5.41) is 7.60. The number of fused-ring (bicyclic) bond motifs is 1. The number of hydrogen-bond acceptors (Lipinski definition) is 6. The highest BCUT2D eigenvalue weighted by Crippen LogP contribution is 2.37. The van der Waals surface area contributed by atoms with E-state index < -0.39 is 11.7 Å². The number of amides is 1. The quantitative estimate of drug-likeness (QED) is 0.724. The molecule has 0 spiro atoms. The average Bonchev–Trinajstić information content (AvgIpc) is 2.98. The van der Waals surface area contributed by atoms with E-state index in [1.165, 1.54) is 6.07 Å². The summed E-state index contributed by atoms with van der Waals surface area (Å²) in [6.45, 7) is 5.89. The third-order valence-electron chi connectivity index (χ3n) is 5.79. The maximum atomic E-state index is 15.0. The number of hydrogen-bond donors (Lipinski definition) is 2. The number of aryl methyl sites for hydroxylation is 1. The van der Waals surface area contributed by atoms with Crippen molar-refractivity contribution in [3.63, 3.8) is 0 Å². The Kier molecular flexibility index (Phi) is 5.07. The van der Waals surface area contributed by atoms with Gasteiger partial charge in [0.2, 0.25) is 0 Å². The molecule has 8 nitrogen and oxygen atoms in total. The van der Waals surface area contributed by atoms with Crippen molar-refractivity contribution in [3.8, 4) is 5.69 Å². The number of ether oxygens (including phenoxy) is 1. The van der Waals surface area contributed by atoms with Gasteiger partial charge in [-0.2, -0.15) is 5.10 Å². The van der Waals surface area contributed by atoms with Gasteiger partial charge in [0, 0.05) is 18.9 Å². The summed E-state index contributed by atoms with van der Waals surface area (Å²) in [7, 11) is 0. The molecule has 2 aromatic rings. The van der Waals surface area contributed by atoms with Crippen molar-refractivity contribution >= 4 is 23.3 Å². The molecule has 3 N–H and O–H groups in total. The number of anilines is 1. The van der Waals surface area contributed by atoms with Crippen LogP contribution in [0.25, 0.3) is 5.69 Å². The number of cyclic esters (lactones) is 1. The van der Waals surface area contributed by atoms with Crippen LogP contribution in [0.2, 0.25) is 0 Å². The number of nitrogens with zero attached hydrogens (tertiary/aromatic N) is 2. The van der Waals surface area contributed by atoms with Gasteiger partial charge in [0.1, 0.15) is 12.4 Å². The summed E-state index contributed by atoms with van der Waals surface area (Å²) >= 11 is 0. The molecule has 0 radical (unpaired) electrons. The van der Waals surface area contributed by atoms with Gasteiger partial charge in [-0.05, 0) is 31.2 Å². The van der Waals surface area contributed by atoms with Gasteiger partial charge in [0.25, 0.3) is 5.91 Å². The molecule has 1 aliphatic heterocycles. The molecule has 1 saturated heterocycles. The van der Waals surface area contributed by atoms with Gasteiger partial charge in [-0.1, -0.05) is 13.8 Å². The van der Waals surface area contributed by atoms with E-state index in [1.54, 1.807) is 17.7 Å². The fraction of sp³-hybridized carbons (Fsp3) is 0.455. The molecule has 1 amide bonds. The van der Waals surface area contributed by atoms with Crippen molar-refractivity contribution in [2.75, 3.05) is 11.9 Å². The van der Waals surface area contributed by atoms with Crippen LogP contribution in [0.15, 0.2) is 12.1 Å². The molecule has 1 aromatic heterocycles. The van der Waals surface area contributed by atoms with E-state index in [2.05, 4.69) is 10.4 Å². The van der Waals surface area contributed by atoms with E-state index in [-0.39, 0.29) is 47.5 Å². The zero-order valence-corrected chi connectivity index (χ0v) is 17.8. The van der Waals surface area contributed by atoms with Crippen molar-refractivity contribution in [1.29, 1.82) is 0 Å². The Labute approximate surface area is 178 Å². The topological polar surface area (TPSA) is 116 Å². The van der Waals surface area contributed by atoms with Crippen LogP contribution in [0.1, 0.15) is 65.2 Å². The highest BCUT2D eigenvalue weighted by Gasteiger charge is 2.36. The monoisotopic (exact) mass is 428 g/mol. The molecule has 0 unspecified atom stereocenters.